The molecule has 0 unspecified atom stereocenters. The van der Waals surface area contributed by atoms with Gasteiger partial charge in [0.1, 0.15) is 5.82 Å². The lowest BCUT2D eigenvalue weighted by Gasteiger charge is -2.03. The van der Waals surface area contributed by atoms with E-state index in [1.165, 1.54) is 0 Å². The van der Waals surface area contributed by atoms with Crippen molar-refractivity contribution in [2.24, 2.45) is 0 Å². The zero-order chi connectivity index (χ0) is 12.8. The first-order valence-electron chi connectivity index (χ1n) is 5.85. The van der Waals surface area contributed by atoms with Gasteiger partial charge in [0.2, 0.25) is 0 Å². The lowest BCUT2D eigenvalue weighted by atomic mass is 10.0. The summed E-state index contributed by atoms with van der Waals surface area (Å²) in [5.74, 6) is -0.172. The van der Waals surface area contributed by atoms with Crippen molar-refractivity contribution >= 4 is 0 Å². The molecule has 17 heavy (non-hydrogen) atoms. The highest BCUT2D eigenvalue weighted by Crippen LogP contribution is 2.21. The minimum atomic E-state index is -0.172. The number of rotatable bonds is 1. The van der Waals surface area contributed by atoms with Crippen LogP contribution in [0, 0.1) is 19.7 Å². The molecule has 0 radical (unpaired) electrons. The van der Waals surface area contributed by atoms with Gasteiger partial charge in [-0.3, -0.25) is 4.98 Å². The van der Waals surface area contributed by atoms with Gasteiger partial charge in [-0.15, -0.1) is 0 Å². The Morgan fingerprint density at radius 1 is 0.941 bits per heavy atom. The Bertz CT molecular complexity index is 492. The number of halogens is 1. The van der Waals surface area contributed by atoms with Gasteiger partial charge in [-0.2, -0.15) is 0 Å². The molecule has 1 aromatic carbocycles. The van der Waals surface area contributed by atoms with Crippen LogP contribution in [0.4, 0.5) is 4.39 Å². The van der Waals surface area contributed by atoms with E-state index in [9.17, 15) is 4.39 Å². The molecule has 0 fully saturated rings. The fourth-order valence-corrected chi connectivity index (χ4v) is 1.49. The van der Waals surface area contributed by atoms with Crippen molar-refractivity contribution in [2.75, 3.05) is 0 Å². The third-order valence-corrected chi connectivity index (χ3v) is 2.38. The van der Waals surface area contributed by atoms with Crippen LogP contribution in [0.3, 0.4) is 0 Å². The Kier molecular flexibility index (Phi) is 4.83. The lowest BCUT2D eigenvalue weighted by Crippen LogP contribution is -1.86. The molecule has 2 rings (SSSR count). The quantitative estimate of drug-likeness (QED) is 0.702. The predicted molar refractivity (Wildman–Crippen MR) is 70.5 cm³/mol. The van der Waals surface area contributed by atoms with Gasteiger partial charge < -0.3 is 0 Å². The van der Waals surface area contributed by atoms with E-state index in [-0.39, 0.29) is 5.82 Å². The summed E-state index contributed by atoms with van der Waals surface area (Å²) < 4.78 is 13.3. The predicted octanol–water partition coefficient (Wildman–Crippen LogP) is 4.53. The van der Waals surface area contributed by atoms with Crippen LogP contribution in [-0.2, 0) is 0 Å². The van der Waals surface area contributed by atoms with E-state index in [1.807, 2.05) is 32.9 Å². The molecule has 2 heteroatoms. The normalized spacial score (nSPS) is 9.47. The maximum absolute atomic E-state index is 13.3. The van der Waals surface area contributed by atoms with Crippen molar-refractivity contribution < 1.29 is 4.39 Å². The second-order valence-corrected chi connectivity index (χ2v) is 3.71. The molecular weight excluding hydrogens is 213 g/mol. The van der Waals surface area contributed by atoms with Gasteiger partial charge in [-0.25, -0.2) is 4.39 Å². The molecule has 0 saturated heterocycles. The summed E-state index contributed by atoms with van der Waals surface area (Å²) in [6.45, 7) is 7.73. The van der Waals surface area contributed by atoms with Gasteiger partial charge in [0.25, 0.3) is 0 Å². The molecule has 0 amide bonds. The molecule has 0 spiro atoms. The van der Waals surface area contributed by atoms with E-state index in [0.29, 0.717) is 5.56 Å². The molecule has 0 bridgehead atoms. The summed E-state index contributed by atoms with van der Waals surface area (Å²) >= 11 is 0. The Morgan fingerprint density at radius 3 is 2.24 bits per heavy atom. The summed E-state index contributed by atoms with van der Waals surface area (Å²) in [6.07, 6.45) is 3.53. The minimum Gasteiger partial charge on any atom is -0.264 e. The van der Waals surface area contributed by atoms with Crippen LogP contribution in [0.1, 0.15) is 25.0 Å². The number of benzene rings is 1. The average Bonchev–Trinajstić information content (AvgIpc) is 2.35. The first-order valence-corrected chi connectivity index (χ1v) is 5.85. The summed E-state index contributed by atoms with van der Waals surface area (Å²) in [5, 5.41) is 0. The Morgan fingerprint density at radius 2 is 1.65 bits per heavy atom. The van der Waals surface area contributed by atoms with E-state index in [1.54, 1.807) is 31.5 Å². The molecule has 1 aromatic heterocycles. The smallest absolute Gasteiger partial charge is 0.126 e. The monoisotopic (exact) mass is 231 g/mol. The number of aryl methyl sites for hydroxylation is 2. The summed E-state index contributed by atoms with van der Waals surface area (Å²) in [5.41, 5.74) is 3.57. The maximum atomic E-state index is 13.3. The van der Waals surface area contributed by atoms with E-state index < -0.39 is 0 Å². The lowest BCUT2D eigenvalue weighted by molar-refractivity contribution is 0.619. The number of nitrogens with zero attached hydrogens (tertiary/aromatic N) is 1. The zero-order valence-corrected chi connectivity index (χ0v) is 10.8. The molecule has 0 aliphatic rings. The molecule has 1 nitrogen and oxygen atoms in total. The number of hydrogen-bond acceptors (Lipinski definition) is 1. The van der Waals surface area contributed by atoms with Crippen LogP contribution in [0.15, 0.2) is 36.7 Å². The SMILES string of the molecule is CC.Cc1cncc(-c2ccc(C)c(F)c2)c1. The highest BCUT2D eigenvalue weighted by Gasteiger charge is 2.02. The van der Waals surface area contributed by atoms with Crippen LogP contribution in [0.2, 0.25) is 0 Å². The van der Waals surface area contributed by atoms with Crippen LogP contribution >= 0.6 is 0 Å². The van der Waals surface area contributed by atoms with Crippen LogP contribution in [0.5, 0.6) is 0 Å². The fraction of sp³-hybridized carbons (Fsp3) is 0.267. The van der Waals surface area contributed by atoms with Crippen LogP contribution < -0.4 is 0 Å². The topological polar surface area (TPSA) is 12.9 Å². The number of aromatic nitrogens is 1. The first kappa shape index (κ1) is 13.4. The maximum Gasteiger partial charge on any atom is 0.126 e. The molecule has 90 valence electrons. The standard InChI is InChI=1S/C13H12FN.C2H6/c1-9-5-12(8-15-7-9)11-4-3-10(2)13(14)6-11;1-2/h3-8H,1-2H3;1-2H3. The summed E-state index contributed by atoms with van der Waals surface area (Å²) in [4.78, 5) is 4.09. The summed E-state index contributed by atoms with van der Waals surface area (Å²) in [7, 11) is 0. The first-order chi connectivity index (χ1) is 8.16. The van der Waals surface area contributed by atoms with Crippen molar-refractivity contribution in [1.82, 2.24) is 4.98 Å². The van der Waals surface area contributed by atoms with Crippen LogP contribution in [0.25, 0.3) is 11.1 Å². The molecule has 0 aliphatic heterocycles. The van der Waals surface area contributed by atoms with Gasteiger partial charge in [-0.1, -0.05) is 26.0 Å². The van der Waals surface area contributed by atoms with Gasteiger partial charge in [0, 0.05) is 18.0 Å². The highest BCUT2D eigenvalue weighted by atomic mass is 19.1. The largest absolute Gasteiger partial charge is 0.264 e. The van der Waals surface area contributed by atoms with Gasteiger partial charge >= 0.3 is 0 Å². The van der Waals surface area contributed by atoms with Crippen molar-refractivity contribution in [2.45, 2.75) is 27.7 Å². The number of hydrogen-bond donors (Lipinski definition) is 0. The van der Waals surface area contributed by atoms with Crippen molar-refractivity contribution in [3.05, 3.63) is 53.6 Å². The molecule has 0 aliphatic carbocycles. The minimum absolute atomic E-state index is 0.172. The molecular formula is C15H18FN. The Labute approximate surface area is 102 Å². The van der Waals surface area contributed by atoms with E-state index in [4.69, 9.17) is 0 Å². The van der Waals surface area contributed by atoms with Gasteiger partial charge in [0.15, 0.2) is 0 Å². The van der Waals surface area contributed by atoms with E-state index >= 15 is 0 Å². The molecule has 0 atom stereocenters. The molecule has 1 heterocycles. The fourth-order valence-electron chi connectivity index (χ4n) is 1.49. The third-order valence-electron chi connectivity index (χ3n) is 2.38. The zero-order valence-electron chi connectivity index (χ0n) is 10.8. The van der Waals surface area contributed by atoms with Crippen molar-refractivity contribution in [1.29, 1.82) is 0 Å². The molecule has 2 aromatic rings. The van der Waals surface area contributed by atoms with Gasteiger partial charge in [-0.05, 0) is 42.7 Å². The average molecular weight is 231 g/mol. The van der Waals surface area contributed by atoms with Crippen molar-refractivity contribution in [3.63, 3.8) is 0 Å². The second kappa shape index (κ2) is 6.14. The van der Waals surface area contributed by atoms with Crippen molar-refractivity contribution in [3.8, 4) is 11.1 Å². The third kappa shape index (κ3) is 3.38. The molecule has 0 saturated carbocycles. The number of pyridine rings is 1. The van der Waals surface area contributed by atoms with Crippen LogP contribution in [-0.4, -0.2) is 4.98 Å². The van der Waals surface area contributed by atoms with E-state index in [0.717, 1.165) is 16.7 Å². The molecule has 0 N–H and O–H groups in total. The Balaban J connectivity index is 0.000000686. The summed E-state index contributed by atoms with van der Waals surface area (Å²) in [6, 6.07) is 7.24. The van der Waals surface area contributed by atoms with Gasteiger partial charge in [0.05, 0.1) is 0 Å². The second-order valence-electron chi connectivity index (χ2n) is 3.71. The van der Waals surface area contributed by atoms with E-state index in [2.05, 4.69) is 4.98 Å². The Hall–Kier alpha value is -1.70. The highest BCUT2D eigenvalue weighted by molar-refractivity contribution is 5.63.